The Morgan fingerprint density at radius 1 is 1.60 bits per heavy atom. The van der Waals surface area contributed by atoms with Crippen LogP contribution in [0.2, 0.25) is 5.15 Å². The average molecular weight is 227 g/mol. The number of rotatable bonds is 5. The number of hydrogen-bond donors (Lipinski definition) is 2. The van der Waals surface area contributed by atoms with E-state index in [1.165, 1.54) is 12.8 Å². The maximum atomic E-state index is 9.01. The molecule has 3 nitrogen and oxygen atoms in total. The summed E-state index contributed by atoms with van der Waals surface area (Å²) in [6.07, 6.45) is 4.90. The Kier molecular flexibility index (Phi) is 3.57. The molecule has 1 aliphatic rings. The normalized spacial score (nSPS) is 17.7. The fourth-order valence-electron chi connectivity index (χ4n) is 1.64. The summed E-state index contributed by atoms with van der Waals surface area (Å²) in [4.78, 5) is 3.95. The number of aliphatic hydroxyl groups is 1. The Hall–Kier alpha value is -0.640. The molecule has 1 aliphatic carbocycles. The smallest absolute Gasteiger partial charge is 0.129 e. The Balaban J connectivity index is 2.07. The van der Waals surface area contributed by atoms with Gasteiger partial charge in [-0.15, -0.1) is 0 Å². The van der Waals surface area contributed by atoms with E-state index in [2.05, 4.69) is 10.3 Å². The average Bonchev–Trinajstić information content (AvgIpc) is 3.01. The zero-order valence-corrected chi connectivity index (χ0v) is 9.24. The van der Waals surface area contributed by atoms with Gasteiger partial charge in [0.15, 0.2) is 0 Å². The number of nitrogens with one attached hydrogen (secondary N) is 1. The number of nitrogens with zero attached hydrogens (tertiary/aromatic N) is 1. The van der Waals surface area contributed by atoms with E-state index >= 15 is 0 Å². The van der Waals surface area contributed by atoms with Crippen LogP contribution in [-0.4, -0.2) is 22.7 Å². The quantitative estimate of drug-likeness (QED) is 0.754. The van der Waals surface area contributed by atoms with Crippen LogP contribution in [0.4, 0.5) is 0 Å². The minimum absolute atomic E-state index is 0.185. The minimum Gasteiger partial charge on any atom is -0.396 e. The number of aliphatic hydroxyl groups excluding tert-OH is 1. The topological polar surface area (TPSA) is 45.1 Å². The second-order valence-corrected chi connectivity index (χ2v) is 4.30. The van der Waals surface area contributed by atoms with E-state index in [1.807, 2.05) is 12.1 Å². The first-order valence-electron chi connectivity index (χ1n) is 5.28. The molecular weight excluding hydrogens is 212 g/mol. The van der Waals surface area contributed by atoms with E-state index in [9.17, 15) is 0 Å². The molecule has 1 saturated carbocycles. The molecule has 0 bridgehead atoms. The van der Waals surface area contributed by atoms with Crippen molar-refractivity contribution < 1.29 is 5.11 Å². The summed E-state index contributed by atoms with van der Waals surface area (Å²) in [6, 6.07) is 4.62. The highest BCUT2D eigenvalue weighted by Crippen LogP contribution is 2.26. The van der Waals surface area contributed by atoms with E-state index in [0.29, 0.717) is 11.2 Å². The third kappa shape index (κ3) is 3.16. The third-order valence-electron chi connectivity index (χ3n) is 2.59. The molecule has 0 aliphatic heterocycles. The maximum absolute atomic E-state index is 9.01. The van der Waals surface area contributed by atoms with Crippen molar-refractivity contribution in [3.05, 3.63) is 29.0 Å². The summed E-state index contributed by atoms with van der Waals surface area (Å²) < 4.78 is 0. The van der Waals surface area contributed by atoms with Crippen LogP contribution in [0.15, 0.2) is 18.3 Å². The van der Waals surface area contributed by atoms with Gasteiger partial charge in [-0.1, -0.05) is 11.6 Å². The molecule has 15 heavy (non-hydrogen) atoms. The van der Waals surface area contributed by atoms with Crippen LogP contribution in [0.5, 0.6) is 0 Å². The van der Waals surface area contributed by atoms with Crippen molar-refractivity contribution in [2.24, 2.45) is 0 Å². The summed E-state index contributed by atoms with van der Waals surface area (Å²) in [5.74, 6) is 0. The maximum Gasteiger partial charge on any atom is 0.129 e. The lowest BCUT2D eigenvalue weighted by atomic mass is 10.1. The zero-order chi connectivity index (χ0) is 10.7. The van der Waals surface area contributed by atoms with Crippen LogP contribution in [0, 0.1) is 0 Å². The van der Waals surface area contributed by atoms with Gasteiger partial charge in [0.25, 0.3) is 0 Å². The molecule has 0 amide bonds. The van der Waals surface area contributed by atoms with Gasteiger partial charge in [-0.3, -0.25) is 0 Å². The van der Waals surface area contributed by atoms with Crippen molar-refractivity contribution in [1.82, 2.24) is 10.3 Å². The minimum atomic E-state index is 0.185. The Morgan fingerprint density at radius 3 is 3.00 bits per heavy atom. The van der Waals surface area contributed by atoms with Crippen LogP contribution < -0.4 is 5.32 Å². The second-order valence-electron chi connectivity index (χ2n) is 3.92. The zero-order valence-electron chi connectivity index (χ0n) is 8.49. The van der Waals surface area contributed by atoms with Gasteiger partial charge >= 0.3 is 0 Å². The molecule has 2 N–H and O–H groups in total. The van der Waals surface area contributed by atoms with Crippen molar-refractivity contribution in [3.63, 3.8) is 0 Å². The number of halogens is 1. The third-order valence-corrected chi connectivity index (χ3v) is 2.79. The summed E-state index contributed by atoms with van der Waals surface area (Å²) in [6.45, 7) is 0.185. The standard InChI is InChI=1S/C11H15ClN2O/c12-11-7-8(3-5-13-11)10(4-6-15)14-9-1-2-9/h3,5,7,9-10,14-15H,1-2,4,6H2/t10-/m0/s1. The molecule has 0 unspecified atom stereocenters. The van der Waals surface area contributed by atoms with Gasteiger partial charge < -0.3 is 10.4 Å². The molecule has 1 aromatic rings. The molecule has 2 rings (SSSR count). The predicted molar refractivity (Wildman–Crippen MR) is 59.8 cm³/mol. The molecule has 1 heterocycles. The highest BCUT2D eigenvalue weighted by Gasteiger charge is 2.25. The molecule has 0 radical (unpaired) electrons. The van der Waals surface area contributed by atoms with Gasteiger partial charge in [0.1, 0.15) is 5.15 Å². The van der Waals surface area contributed by atoms with Crippen LogP contribution in [-0.2, 0) is 0 Å². The van der Waals surface area contributed by atoms with E-state index in [-0.39, 0.29) is 12.6 Å². The molecule has 0 saturated heterocycles. The lowest BCUT2D eigenvalue weighted by Gasteiger charge is -2.17. The van der Waals surface area contributed by atoms with Crippen LogP contribution >= 0.6 is 11.6 Å². The van der Waals surface area contributed by atoms with Crippen molar-refractivity contribution in [3.8, 4) is 0 Å². The van der Waals surface area contributed by atoms with Crippen molar-refractivity contribution >= 4 is 11.6 Å². The van der Waals surface area contributed by atoms with E-state index in [0.717, 1.165) is 12.0 Å². The Labute approximate surface area is 94.5 Å². The first kappa shape index (κ1) is 10.9. The van der Waals surface area contributed by atoms with Gasteiger partial charge in [0, 0.05) is 24.9 Å². The predicted octanol–water partition coefficient (Wildman–Crippen LogP) is 1.91. The fraction of sp³-hybridized carbons (Fsp3) is 0.545. The molecule has 1 atom stereocenters. The van der Waals surface area contributed by atoms with E-state index in [1.54, 1.807) is 6.20 Å². The highest BCUT2D eigenvalue weighted by atomic mass is 35.5. The first-order chi connectivity index (χ1) is 7.29. The Bertz CT molecular complexity index is 328. The molecule has 1 fully saturated rings. The monoisotopic (exact) mass is 226 g/mol. The van der Waals surface area contributed by atoms with Crippen molar-refractivity contribution in [2.75, 3.05) is 6.61 Å². The first-order valence-corrected chi connectivity index (χ1v) is 5.66. The number of pyridine rings is 1. The number of hydrogen-bond acceptors (Lipinski definition) is 3. The van der Waals surface area contributed by atoms with Gasteiger partial charge in [0.2, 0.25) is 0 Å². The largest absolute Gasteiger partial charge is 0.396 e. The van der Waals surface area contributed by atoms with Gasteiger partial charge in [-0.05, 0) is 37.0 Å². The van der Waals surface area contributed by atoms with Gasteiger partial charge in [-0.25, -0.2) is 4.98 Å². The van der Waals surface area contributed by atoms with Crippen LogP contribution in [0.25, 0.3) is 0 Å². The molecule has 4 heteroatoms. The summed E-state index contributed by atoms with van der Waals surface area (Å²) in [5.41, 5.74) is 1.11. The van der Waals surface area contributed by atoms with Crippen molar-refractivity contribution in [2.45, 2.75) is 31.3 Å². The molecule has 0 aromatic carbocycles. The lowest BCUT2D eigenvalue weighted by Crippen LogP contribution is -2.24. The molecule has 0 spiro atoms. The second kappa shape index (κ2) is 4.92. The van der Waals surface area contributed by atoms with Gasteiger partial charge in [-0.2, -0.15) is 0 Å². The lowest BCUT2D eigenvalue weighted by molar-refractivity contribution is 0.265. The molecule has 82 valence electrons. The molecule has 1 aromatic heterocycles. The van der Waals surface area contributed by atoms with E-state index in [4.69, 9.17) is 16.7 Å². The summed E-state index contributed by atoms with van der Waals surface area (Å²) in [7, 11) is 0. The van der Waals surface area contributed by atoms with Crippen LogP contribution in [0.3, 0.4) is 0 Å². The summed E-state index contributed by atoms with van der Waals surface area (Å²) >= 11 is 5.84. The van der Waals surface area contributed by atoms with E-state index < -0.39 is 0 Å². The Morgan fingerprint density at radius 2 is 2.40 bits per heavy atom. The van der Waals surface area contributed by atoms with Crippen molar-refractivity contribution in [1.29, 1.82) is 0 Å². The SMILES string of the molecule is OCC[C@H](NC1CC1)c1ccnc(Cl)c1. The van der Waals surface area contributed by atoms with Crippen LogP contribution in [0.1, 0.15) is 30.9 Å². The number of aromatic nitrogens is 1. The highest BCUT2D eigenvalue weighted by molar-refractivity contribution is 6.29. The molecular formula is C11H15ClN2O. The fourth-order valence-corrected chi connectivity index (χ4v) is 1.83. The van der Waals surface area contributed by atoms with Gasteiger partial charge in [0.05, 0.1) is 0 Å². The summed E-state index contributed by atoms with van der Waals surface area (Å²) in [5, 5.41) is 13.0.